The van der Waals surface area contributed by atoms with Crippen LogP contribution in [-0.4, -0.2) is 31.1 Å². The Kier molecular flexibility index (Phi) is 2.50. The van der Waals surface area contributed by atoms with E-state index in [4.69, 9.17) is 9.47 Å². The maximum atomic E-state index is 11.8. The van der Waals surface area contributed by atoms with Crippen molar-refractivity contribution in [3.8, 4) is 11.5 Å². The highest BCUT2D eigenvalue weighted by molar-refractivity contribution is 5.80. The van der Waals surface area contributed by atoms with E-state index in [0.717, 1.165) is 56.6 Å². The number of carbonyl (C=O) groups is 1. The minimum Gasteiger partial charge on any atom is -0.454 e. The molecule has 2 aliphatic heterocycles. The summed E-state index contributed by atoms with van der Waals surface area (Å²) < 4.78 is 11.6. The van der Waals surface area contributed by atoms with Crippen LogP contribution in [0.4, 0.5) is 0 Å². The molecule has 1 spiro atoms. The van der Waals surface area contributed by atoms with Gasteiger partial charge in [0.15, 0.2) is 11.5 Å². The molecule has 1 aromatic carbocycles. The number of hydrogen-bond donors (Lipinski definition) is 0. The first kappa shape index (κ1) is 12.9. The second-order valence-corrected chi connectivity index (χ2v) is 7.33. The molecule has 0 amide bonds. The summed E-state index contributed by atoms with van der Waals surface area (Å²) in [6.45, 7) is 1.44. The number of rotatable bonds is 0. The van der Waals surface area contributed by atoms with E-state index in [1.165, 1.54) is 16.7 Å². The predicted molar refractivity (Wildman–Crippen MR) is 81.4 cm³/mol. The maximum Gasteiger partial charge on any atom is 0.231 e. The standard InChI is InChI=1S/C18H21NO3/c1-19-7-4-11-8-14-17(22-10-21-14)16-15(11)13(19)9-18(16)5-2-12(20)3-6-18/h8,13H,2-7,9-10H2,1H3. The molecule has 2 heterocycles. The minimum atomic E-state index is 0.125. The summed E-state index contributed by atoms with van der Waals surface area (Å²) in [5.41, 5.74) is 4.45. The highest BCUT2D eigenvalue weighted by Gasteiger charge is 2.51. The Labute approximate surface area is 130 Å². The van der Waals surface area contributed by atoms with Crippen LogP contribution < -0.4 is 9.47 Å². The number of fused-ring (bicyclic) bond motifs is 3. The molecular weight excluding hydrogens is 278 g/mol. The van der Waals surface area contributed by atoms with Crippen LogP contribution in [0.1, 0.15) is 54.8 Å². The van der Waals surface area contributed by atoms with Gasteiger partial charge in [-0.1, -0.05) is 0 Å². The Balaban J connectivity index is 1.74. The van der Waals surface area contributed by atoms with Crippen LogP contribution in [0.3, 0.4) is 0 Å². The average Bonchev–Trinajstić information content (AvgIpc) is 3.10. The van der Waals surface area contributed by atoms with Crippen LogP contribution >= 0.6 is 0 Å². The first-order valence-electron chi connectivity index (χ1n) is 8.36. The summed E-state index contributed by atoms with van der Waals surface area (Å²) in [5, 5.41) is 0. The van der Waals surface area contributed by atoms with E-state index >= 15 is 0 Å². The van der Waals surface area contributed by atoms with Crippen molar-refractivity contribution < 1.29 is 14.3 Å². The van der Waals surface area contributed by atoms with Gasteiger partial charge in [-0.2, -0.15) is 0 Å². The van der Waals surface area contributed by atoms with Crippen LogP contribution in [-0.2, 0) is 16.6 Å². The van der Waals surface area contributed by atoms with Gasteiger partial charge in [-0.05, 0) is 49.9 Å². The van der Waals surface area contributed by atoms with Gasteiger partial charge in [-0.25, -0.2) is 0 Å². The van der Waals surface area contributed by atoms with Crippen LogP contribution in [0.2, 0.25) is 0 Å². The normalized spacial score (nSPS) is 28.2. The molecule has 0 radical (unpaired) electrons. The minimum absolute atomic E-state index is 0.125. The molecule has 1 saturated carbocycles. The SMILES string of the molecule is CN1CCc2cc3c(c4c2C1CC41CCC(=O)CC1)OCO3. The van der Waals surface area contributed by atoms with Crippen LogP contribution in [0.15, 0.2) is 6.07 Å². The van der Waals surface area contributed by atoms with Gasteiger partial charge in [0.05, 0.1) is 0 Å². The molecule has 0 saturated heterocycles. The summed E-state index contributed by atoms with van der Waals surface area (Å²) in [5.74, 6) is 2.32. The van der Waals surface area contributed by atoms with E-state index < -0.39 is 0 Å². The van der Waals surface area contributed by atoms with Crippen molar-refractivity contribution in [2.45, 2.75) is 50.0 Å². The summed E-state index contributed by atoms with van der Waals surface area (Å²) in [6.07, 6.45) is 5.61. The van der Waals surface area contributed by atoms with E-state index in [9.17, 15) is 4.79 Å². The van der Waals surface area contributed by atoms with Crippen molar-refractivity contribution in [2.75, 3.05) is 20.4 Å². The smallest absolute Gasteiger partial charge is 0.231 e. The van der Waals surface area contributed by atoms with Crippen molar-refractivity contribution in [3.63, 3.8) is 0 Å². The molecule has 22 heavy (non-hydrogen) atoms. The topological polar surface area (TPSA) is 38.8 Å². The maximum absolute atomic E-state index is 11.8. The molecule has 0 bridgehead atoms. The highest BCUT2D eigenvalue weighted by Crippen LogP contribution is 2.61. The molecule has 1 aromatic rings. The van der Waals surface area contributed by atoms with Crippen molar-refractivity contribution in [1.29, 1.82) is 0 Å². The first-order chi connectivity index (χ1) is 10.7. The van der Waals surface area contributed by atoms with E-state index in [1.54, 1.807) is 0 Å². The number of nitrogens with zero attached hydrogens (tertiary/aromatic N) is 1. The molecule has 0 N–H and O–H groups in total. The molecule has 2 aliphatic carbocycles. The van der Waals surface area contributed by atoms with E-state index in [1.807, 2.05) is 0 Å². The summed E-state index contributed by atoms with van der Waals surface area (Å²) in [4.78, 5) is 14.3. The second-order valence-electron chi connectivity index (χ2n) is 7.33. The first-order valence-corrected chi connectivity index (χ1v) is 8.36. The fourth-order valence-electron chi connectivity index (χ4n) is 5.09. The Hall–Kier alpha value is -1.55. The molecule has 1 atom stereocenters. The van der Waals surface area contributed by atoms with E-state index in [-0.39, 0.29) is 5.41 Å². The third-order valence-electron chi connectivity index (χ3n) is 6.27. The van der Waals surface area contributed by atoms with Crippen molar-refractivity contribution in [2.24, 2.45) is 0 Å². The van der Waals surface area contributed by atoms with Gasteiger partial charge >= 0.3 is 0 Å². The molecule has 4 nitrogen and oxygen atoms in total. The third kappa shape index (κ3) is 1.54. The summed E-state index contributed by atoms with van der Waals surface area (Å²) >= 11 is 0. The number of Topliss-reactive ketones (excluding diaryl/α,β-unsaturated/α-hetero) is 1. The van der Waals surface area contributed by atoms with Crippen LogP contribution in [0.25, 0.3) is 0 Å². The largest absolute Gasteiger partial charge is 0.454 e. The molecular formula is C18H21NO3. The van der Waals surface area contributed by atoms with Gasteiger partial charge in [0.25, 0.3) is 0 Å². The molecule has 1 fully saturated rings. The lowest BCUT2D eigenvalue weighted by Crippen LogP contribution is -2.33. The Morgan fingerprint density at radius 3 is 2.86 bits per heavy atom. The number of hydrogen-bond acceptors (Lipinski definition) is 4. The zero-order chi connectivity index (χ0) is 14.9. The molecule has 0 aromatic heterocycles. The number of benzene rings is 1. The van der Waals surface area contributed by atoms with Gasteiger partial charge in [0.2, 0.25) is 6.79 Å². The molecule has 1 unspecified atom stereocenters. The second kappa shape index (κ2) is 4.25. The monoisotopic (exact) mass is 299 g/mol. The zero-order valence-electron chi connectivity index (χ0n) is 13.0. The fourth-order valence-corrected chi connectivity index (χ4v) is 5.09. The van der Waals surface area contributed by atoms with Crippen LogP contribution in [0.5, 0.6) is 11.5 Å². The molecule has 5 rings (SSSR count). The van der Waals surface area contributed by atoms with Crippen LogP contribution in [0, 0.1) is 0 Å². The Bertz CT molecular complexity index is 671. The Morgan fingerprint density at radius 2 is 2.05 bits per heavy atom. The predicted octanol–water partition coefficient (Wildman–Crippen LogP) is 2.73. The highest BCUT2D eigenvalue weighted by atomic mass is 16.7. The van der Waals surface area contributed by atoms with Gasteiger partial charge < -0.3 is 9.47 Å². The average molecular weight is 299 g/mol. The molecule has 4 aliphatic rings. The lowest BCUT2D eigenvalue weighted by atomic mass is 9.69. The number of ether oxygens (including phenoxy) is 2. The van der Waals surface area contributed by atoms with Crippen molar-refractivity contribution in [1.82, 2.24) is 4.90 Å². The van der Waals surface area contributed by atoms with Crippen molar-refractivity contribution >= 4 is 5.78 Å². The van der Waals surface area contributed by atoms with Gasteiger partial charge in [0, 0.05) is 36.4 Å². The van der Waals surface area contributed by atoms with Crippen molar-refractivity contribution in [3.05, 3.63) is 22.8 Å². The Morgan fingerprint density at radius 1 is 1.23 bits per heavy atom. The lowest BCUT2D eigenvalue weighted by molar-refractivity contribution is -0.121. The number of carbonyl (C=O) groups excluding carboxylic acids is 1. The van der Waals surface area contributed by atoms with E-state index in [0.29, 0.717) is 18.6 Å². The third-order valence-corrected chi connectivity index (χ3v) is 6.27. The van der Waals surface area contributed by atoms with Gasteiger partial charge in [0.1, 0.15) is 5.78 Å². The van der Waals surface area contributed by atoms with Gasteiger partial charge in [-0.3, -0.25) is 9.69 Å². The number of likely N-dealkylation sites (N-methyl/N-ethyl adjacent to an activating group) is 1. The van der Waals surface area contributed by atoms with Gasteiger partial charge in [-0.15, -0.1) is 0 Å². The quantitative estimate of drug-likeness (QED) is 0.738. The zero-order valence-corrected chi connectivity index (χ0v) is 13.0. The molecule has 4 heteroatoms. The summed E-state index contributed by atoms with van der Waals surface area (Å²) in [6, 6.07) is 2.69. The fraction of sp³-hybridized carbons (Fsp3) is 0.611. The van der Waals surface area contributed by atoms with E-state index in [2.05, 4.69) is 18.0 Å². The number of ketones is 1. The molecule has 116 valence electrons. The summed E-state index contributed by atoms with van der Waals surface area (Å²) in [7, 11) is 2.23. The lowest BCUT2D eigenvalue weighted by Gasteiger charge is -2.35.